The SMILES string of the molecule is O=C(CSc1nnc(CCN2C(=O)c3cccc4cccc(c34)C2=O)n1-c1ccccc1)NC1CCCCC1. The van der Waals surface area contributed by atoms with Crippen molar-refractivity contribution < 1.29 is 14.4 Å². The fourth-order valence-electron chi connectivity index (χ4n) is 5.53. The fourth-order valence-corrected chi connectivity index (χ4v) is 6.32. The van der Waals surface area contributed by atoms with Crippen LogP contribution in [-0.4, -0.2) is 55.7 Å². The zero-order chi connectivity index (χ0) is 26.8. The first-order chi connectivity index (χ1) is 19.1. The van der Waals surface area contributed by atoms with Crippen LogP contribution in [-0.2, 0) is 11.2 Å². The van der Waals surface area contributed by atoms with Gasteiger partial charge in [-0.05, 0) is 42.5 Å². The highest BCUT2D eigenvalue weighted by atomic mass is 32.2. The summed E-state index contributed by atoms with van der Waals surface area (Å²) in [6.45, 7) is 0.167. The zero-order valence-corrected chi connectivity index (χ0v) is 22.3. The third-order valence-electron chi connectivity index (χ3n) is 7.43. The number of amides is 3. The predicted molar refractivity (Wildman–Crippen MR) is 150 cm³/mol. The van der Waals surface area contributed by atoms with Gasteiger partial charge in [-0.25, -0.2) is 0 Å². The van der Waals surface area contributed by atoms with Crippen LogP contribution in [0.5, 0.6) is 0 Å². The van der Waals surface area contributed by atoms with Crippen LogP contribution >= 0.6 is 11.8 Å². The molecule has 3 aromatic carbocycles. The van der Waals surface area contributed by atoms with Crippen LogP contribution in [0.1, 0.15) is 58.6 Å². The van der Waals surface area contributed by atoms with E-state index in [2.05, 4.69) is 15.5 Å². The van der Waals surface area contributed by atoms with Crippen molar-refractivity contribution in [3.8, 4) is 5.69 Å². The molecule has 2 aliphatic rings. The van der Waals surface area contributed by atoms with Crippen molar-refractivity contribution in [2.75, 3.05) is 12.3 Å². The molecule has 8 nitrogen and oxygen atoms in total. The standard InChI is InChI=1S/C30H29N5O3S/c36-26(31-21-11-3-1-4-12-21)19-39-30-33-32-25(35(30)22-13-5-2-6-14-22)17-18-34-28(37)23-15-7-9-20-10-8-16-24(27(20)23)29(34)38/h2,5-10,13-16,21H,1,3-4,11-12,17-19H2,(H,31,36). The molecule has 1 fully saturated rings. The quantitative estimate of drug-likeness (QED) is 0.255. The van der Waals surface area contributed by atoms with Gasteiger partial charge >= 0.3 is 0 Å². The number of nitrogens with one attached hydrogen (secondary N) is 1. The number of thioether (sulfide) groups is 1. The molecular weight excluding hydrogens is 510 g/mol. The molecule has 39 heavy (non-hydrogen) atoms. The molecule has 0 bridgehead atoms. The molecule has 4 aromatic rings. The lowest BCUT2D eigenvalue weighted by Crippen LogP contribution is -2.41. The first kappa shape index (κ1) is 25.3. The Bertz CT molecular complexity index is 1490. The molecule has 1 aliphatic heterocycles. The Morgan fingerprint density at radius 2 is 1.56 bits per heavy atom. The second-order valence-electron chi connectivity index (χ2n) is 9.98. The van der Waals surface area contributed by atoms with Crippen molar-refractivity contribution in [1.82, 2.24) is 25.0 Å². The molecule has 1 aromatic heterocycles. The van der Waals surface area contributed by atoms with Crippen LogP contribution in [0.2, 0.25) is 0 Å². The van der Waals surface area contributed by atoms with Gasteiger partial charge in [0.25, 0.3) is 11.8 Å². The Morgan fingerprint density at radius 3 is 2.26 bits per heavy atom. The summed E-state index contributed by atoms with van der Waals surface area (Å²) in [4.78, 5) is 40.6. The minimum absolute atomic E-state index is 0.00610. The normalized spacial score (nSPS) is 15.6. The lowest BCUT2D eigenvalue weighted by molar-refractivity contribution is -0.119. The van der Waals surface area contributed by atoms with Crippen LogP contribution in [0.3, 0.4) is 0 Å². The molecule has 0 atom stereocenters. The summed E-state index contributed by atoms with van der Waals surface area (Å²) in [6.07, 6.45) is 5.95. The number of carbonyl (C=O) groups excluding carboxylic acids is 3. The Morgan fingerprint density at radius 1 is 0.872 bits per heavy atom. The van der Waals surface area contributed by atoms with E-state index in [9.17, 15) is 14.4 Å². The fraction of sp³-hybridized carbons (Fsp3) is 0.300. The molecule has 0 saturated heterocycles. The number of nitrogens with zero attached hydrogens (tertiary/aromatic N) is 4. The van der Waals surface area contributed by atoms with Crippen LogP contribution in [0.15, 0.2) is 71.9 Å². The van der Waals surface area contributed by atoms with Gasteiger partial charge in [0.15, 0.2) is 5.16 Å². The van der Waals surface area contributed by atoms with Gasteiger partial charge in [0, 0.05) is 41.2 Å². The van der Waals surface area contributed by atoms with Crippen molar-refractivity contribution in [2.24, 2.45) is 0 Å². The molecule has 3 amide bonds. The van der Waals surface area contributed by atoms with E-state index in [0.29, 0.717) is 33.9 Å². The lowest BCUT2D eigenvalue weighted by atomic mass is 9.94. The van der Waals surface area contributed by atoms with E-state index in [0.717, 1.165) is 36.8 Å². The maximum atomic E-state index is 13.3. The minimum atomic E-state index is -0.302. The van der Waals surface area contributed by atoms with E-state index in [4.69, 9.17) is 0 Å². The number of para-hydroxylation sites is 1. The largest absolute Gasteiger partial charge is 0.353 e. The topological polar surface area (TPSA) is 97.2 Å². The smallest absolute Gasteiger partial charge is 0.261 e. The van der Waals surface area contributed by atoms with Crippen LogP contribution in [0.4, 0.5) is 0 Å². The predicted octanol–water partition coefficient (Wildman–Crippen LogP) is 4.80. The van der Waals surface area contributed by atoms with Gasteiger partial charge in [0.1, 0.15) is 5.82 Å². The van der Waals surface area contributed by atoms with E-state index in [1.54, 1.807) is 12.1 Å². The Kier molecular flexibility index (Phi) is 7.15. The molecule has 6 rings (SSSR count). The third-order valence-corrected chi connectivity index (χ3v) is 8.36. The Labute approximate surface area is 230 Å². The lowest BCUT2D eigenvalue weighted by Gasteiger charge is -2.27. The summed E-state index contributed by atoms with van der Waals surface area (Å²) in [7, 11) is 0. The highest BCUT2D eigenvalue weighted by Gasteiger charge is 2.33. The molecule has 198 valence electrons. The number of hydrogen-bond acceptors (Lipinski definition) is 6. The number of rotatable bonds is 8. The molecule has 1 aliphatic carbocycles. The van der Waals surface area contributed by atoms with E-state index < -0.39 is 0 Å². The van der Waals surface area contributed by atoms with Crippen LogP contribution < -0.4 is 5.32 Å². The Balaban J connectivity index is 1.21. The van der Waals surface area contributed by atoms with Crippen LogP contribution in [0.25, 0.3) is 16.5 Å². The highest BCUT2D eigenvalue weighted by Crippen LogP contribution is 2.30. The van der Waals surface area contributed by atoms with E-state index in [1.807, 2.05) is 59.2 Å². The van der Waals surface area contributed by atoms with Crippen molar-refractivity contribution >= 4 is 40.3 Å². The molecule has 0 radical (unpaired) electrons. The van der Waals surface area contributed by atoms with E-state index >= 15 is 0 Å². The maximum Gasteiger partial charge on any atom is 0.261 e. The first-order valence-electron chi connectivity index (χ1n) is 13.4. The average Bonchev–Trinajstić information content (AvgIpc) is 3.38. The van der Waals surface area contributed by atoms with Gasteiger partial charge in [-0.3, -0.25) is 23.9 Å². The van der Waals surface area contributed by atoms with Gasteiger partial charge < -0.3 is 5.32 Å². The molecule has 0 spiro atoms. The highest BCUT2D eigenvalue weighted by molar-refractivity contribution is 7.99. The Hall–Kier alpha value is -3.98. The first-order valence-corrected chi connectivity index (χ1v) is 14.4. The van der Waals surface area contributed by atoms with Gasteiger partial charge in [-0.2, -0.15) is 0 Å². The van der Waals surface area contributed by atoms with Gasteiger partial charge in [-0.1, -0.05) is 73.5 Å². The second-order valence-corrected chi connectivity index (χ2v) is 10.9. The van der Waals surface area contributed by atoms with Crippen molar-refractivity contribution in [3.05, 3.63) is 83.7 Å². The number of carbonyl (C=O) groups is 3. The number of aromatic nitrogens is 3. The van der Waals surface area contributed by atoms with Crippen molar-refractivity contribution in [1.29, 1.82) is 0 Å². The summed E-state index contributed by atoms with van der Waals surface area (Å²) in [6, 6.07) is 21.0. The van der Waals surface area contributed by atoms with Gasteiger partial charge in [0.2, 0.25) is 5.91 Å². The molecule has 9 heteroatoms. The van der Waals surface area contributed by atoms with E-state index in [-0.39, 0.29) is 36.1 Å². The minimum Gasteiger partial charge on any atom is -0.353 e. The monoisotopic (exact) mass is 539 g/mol. The third kappa shape index (κ3) is 5.06. The maximum absolute atomic E-state index is 13.3. The number of benzene rings is 3. The summed E-state index contributed by atoms with van der Waals surface area (Å²) in [5, 5.41) is 14.1. The molecular formula is C30H29N5O3S. The molecule has 2 heterocycles. The molecule has 1 saturated carbocycles. The van der Waals surface area contributed by atoms with E-state index in [1.165, 1.54) is 23.1 Å². The summed E-state index contributed by atoms with van der Waals surface area (Å²) in [5.74, 6) is 0.251. The van der Waals surface area contributed by atoms with Crippen molar-refractivity contribution in [3.63, 3.8) is 0 Å². The summed E-state index contributed by atoms with van der Waals surface area (Å²) in [5.41, 5.74) is 1.93. The number of hydrogen-bond donors (Lipinski definition) is 1. The number of imide groups is 1. The second kappa shape index (κ2) is 11.0. The molecule has 1 N–H and O–H groups in total. The summed E-state index contributed by atoms with van der Waals surface area (Å²) >= 11 is 1.34. The van der Waals surface area contributed by atoms with Crippen molar-refractivity contribution in [2.45, 2.75) is 49.7 Å². The molecule has 0 unspecified atom stereocenters. The van der Waals surface area contributed by atoms with Crippen LogP contribution in [0, 0.1) is 0 Å². The summed E-state index contributed by atoms with van der Waals surface area (Å²) < 4.78 is 1.91. The van der Waals surface area contributed by atoms with Gasteiger partial charge in [0.05, 0.1) is 5.75 Å². The zero-order valence-electron chi connectivity index (χ0n) is 21.5. The van der Waals surface area contributed by atoms with Gasteiger partial charge in [-0.15, -0.1) is 10.2 Å². The average molecular weight is 540 g/mol.